The first-order valence-corrected chi connectivity index (χ1v) is 4.81. The van der Waals surface area contributed by atoms with Gasteiger partial charge in [-0.1, -0.05) is 30.3 Å². The zero-order valence-corrected chi connectivity index (χ0v) is 9.16. The quantitative estimate of drug-likeness (QED) is 0.717. The van der Waals surface area contributed by atoms with E-state index in [0.29, 0.717) is 5.56 Å². The van der Waals surface area contributed by atoms with Crippen molar-refractivity contribution in [1.82, 2.24) is 0 Å². The van der Waals surface area contributed by atoms with Gasteiger partial charge in [-0.05, 0) is 20.8 Å². The van der Waals surface area contributed by atoms with E-state index in [1.165, 1.54) is 0 Å². The number of alkyl halides is 1. The van der Waals surface area contributed by atoms with Crippen molar-refractivity contribution >= 4 is 5.78 Å². The van der Waals surface area contributed by atoms with Crippen molar-refractivity contribution in [2.45, 2.75) is 32.7 Å². The molecule has 0 radical (unpaired) electrons. The van der Waals surface area contributed by atoms with Crippen LogP contribution in [0.25, 0.3) is 0 Å². The Kier molecular flexibility index (Phi) is 3.58. The second-order valence-electron chi connectivity index (χ2n) is 4.28. The van der Waals surface area contributed by atoms with E-state index in [4.69, 9.17) is 4.74 Å². The van der Waals surface area contributed by atoms with Gasteiger partial charge in [-0.2, -0.15) is 0 Å². The van der Waals surface area contributed by atoms with Gasteiger partial charge in [0, 0.05) is 5.56 Å². The molecule has 1 aromatic carbocycles. The maximum Gasteiger partial charge on any atom is 0.263 e. The van der Waals surface area contributed by atoms with Crippen LogP contribution >= 0.6 is 0 Å². The molecule has 1 unspecified atom stereocenters. The van der Waals surface area contributed by atoms with Crippen LogP contribution in [0.1, 0.15) is 31.1 Å². The summed E-state index contributed by atoms with van der Waals surface area (Å²) in [5, 5.41) is 0. The summed E-state index contributed by atoms with van der Waals surface area (Å²) in [4.78, 5) is 11.5. The molecule has 0 aliphatic heterocycles. The van der Waals surface area contributed by atoms with Crippen LogP contribution < -0.4 is 0 Å². The van der Waals surface area contributed by atoms with Crippen LogP contribution in [0.3, 0.4) is 0 Å². The molecule has 0 saturated heterocycles. The SMILES string of the molecule is CC(C)(C)OC(F)C(=O)c1ccccc1. The number of carbonyl (C=O) groups is 1. The lowest BCUT2D eigenvalue weighted by atomic mass is 10.1. The first kappa shape index (κ1) is 11.9. The number of hydrogen-bond donors (Lipinski definition) is 0. The maximum absolute atomic E-state index is 13.4. The number of benzene rings is 1. The van der Waals surface area contributed by atoms with Crippen molar-refractivity contribution in [2.75, 3.05) is 0 Å². The molecule has 0 aliphatic carbocycles. The standard InChI is InChI=1S/C12H15FO2/c1-12(2,3)15-11(13)10(14)9-7-5-4-6-8-9/h4-8,11H,1-3H3. The fourth-order valence-electron chi connectivity index (χ4n) is 1.10. The molecule has 3 heteroatoms. The molecule has 0 heterocycles. The zero-order chi connectivity index (χ0) is 11.5. The van der Waals surface area contributed by atoms with Crippen LogP contribution in [-0.4, -0.2) is 17.7 Å². The minimum Gasteiger partial charge on any atom is -0.336 e. The van der Waals surface area contributed by atoms with E-state index in [1.54, 1.807) is 51.1 Å². The summed E-state index contributed by atoms with van der Waals surface area (Å²) in [5.74, 6) is -0.634. The summed E-state index contributed by atoms with van der Waals surface area (Å²) < 4.78 is 18.3. The summed E-state index contributed by atoms with van der Waals surface area (Å²) in [7, 11) is 0. The Morgan fingerprint density at radius 3 is 2.27 bits per heavy atom. The molecule has 0 aliphatic rings. The Hall–Kier alpha value is -1.22. The number of carbonyl (C=O) groups excluding carboxylic acids is 1. The molecule has 82 valence electrons. The van der Waals surface area contributed by atoms with Gasteiger partial charge in [-0.15, -0.1) is 0 Å². The van der Waals surface area contributed by atoms with Gasteiger partial charge in [0.05, 0.1) is 5.60 Å². The summed E-state index contributed by atoms with van der Waals surface area (Å²) in [6.07, 6.45) is -1.90. The molecule has 1 aromatic rings. The highest BCUT2D eigenvalue weighted by Gasteiger charge is 2.25. The van der Waals surface area contributed by atoms with Crippen molar-refractivity contribution in [3.05, 3.63) is 35.9 Å². The molecular weight excluding hydrogens is 195 g/mol. The lowest BCUT2D eigenvalue weighted by Crippen LogP contribution is -2.30. The van der Waals surface area contributed by atoms with Crippen molar-refractivity contribution < 1.29 is 13.9 Å². The predicted octanol–water partition coefficient (Wildman–Crippen LogP) is 2.98. The van der Waals surface area contributed by atoms with Crippen molar-refractivity contribution in [2.24, 2.45) is 0 Å². The van der Waals surface area contributed by atoms with Crippen LogP contribution in [0.2, 0.25) is 0 Å². The average molecular weight is 210 g/mol. The number of ether oxygens (including phenoxy) is 1. The van der Waals surface area contributed by atoms with Gasteiger partial charge >= 0.3 is 0 Å². The topological polar surface area (TPSA) is 26.3 Å². The molecule has 0 bridgehead atoms. The van der Waals surface area contributed by atoms with Gasteiger partial charge < -0.3 is 4.74 Å². The number of halogens is 1. The molecule has 0 aromatic heterocycles. The van der Waals surface area contributed by atoms with Gasteiger partial charge in [-0.25, -0.2) is 4.39 Å². The number of rotatable bonds is 3. The summed E-state index contributed by atoms with van der Waals surface area (Å²) >= 11 is 0. The van der Waals surface area contributed by atoms with Gasteiger partial charge in [0.1, 0.15) is 0 Å². The predicted molar refractivity (Wildman–Crippen MR) is 56.5 cm³/mol. The first-order chi connectivity index (χ1) is 6.90. The minimum absolute atomic E-state index is 0.328. The van der Waals surface area contributed by atoms with Gasteiger partial charge in [0.2, 0.25) is 5.78 Å². The third kappa shape index (κ3) is 3.80. The van der Waals surface area contributed by atoms with Crippen LogP contribution in [0.4, 0.5) is 4.39 Å². The van der Waals surface area contributed by atoms with Crippen LogP contribution in [0.15, 0.2) is 30.3 Å². The van der Waals surface area contributed by atoms with Crippen LogP contribution in [0.5, 0.6) is 0 Å². The van der Waals surface area contributed by atoms with Crippen LogP contribution in [-0.2, 0) is 4.74 Å². The normalized spacial score (nSPS) is 13.6. The average Bonchev–Trinajstić information content (AvgIpc) is 2.15. The molecule has 0 saturated carbocycles. The highest BCUT2D eigenvalue weighted by molar-refractivity contribution is 5.98. The highest BCUT2D eigenvalue weighted by Crippen LogP contribution is 2.15. The molecule has 0 fully saturated rings. The Morgan fingerprint density at radius 1 is 1.27 bits per heavy atom. The monoisotopic (exact) mass is 210 g/mol. The van der Waals surface area contributed by atoms with E-state index < -0.39 is 17.7 Å². The van der Waals surface area contributed by atoms with E-state index in [-0.39, 0.29) is 0 Å². The molecule has 0 spiro atoms. The molecule has 0 amide bonds. The lowest BCUT2D eigenvalue weighted by molar-refractivity contribution is -0.0994. The second kappa shape index (κ2) is 4.53. The number of Topliss-reactive ketones (excluding diaryl/α,β-unsaturated/α-hetero) is 1. The van der Waals surface area contributed by atoms with Gasteiger partial charge in [0.25, 0.3) is 6.36 Å². The lowest BCUT2D eigenvalue weighted by Gasteiger charge is -2.21. The van der Waals surface area contributed by atoms with Gasteiger partial charge in [0.15, 0.2) is 0 Å². The zero-order valence-electron chi connectivity index (χ0n) is 9.16. The summed E-state index contributed by atoms with van der Waals surface area (Å²) in [6, 6.07) is 8.30. The Bertz CT molecular complexity index is 327. The molecule has 15 heavy (non-hydrogen) atoms. The smallest absolute Gasteiger partial charge is 0.263 e. The Labute approximate surface area is 89.1 Å². The largest absolute Gasteiger partial charge is 0.336 e. The maximum atomic E-state index is 13.4. The Balaban J connectivity index is 2.70. The summed E-state index contributed by atoms with van der Waals surface area (Å²) in [5.41, 5.74) is -0.335. The summed E-state index contributed by atoms with van der Waals surface area (Å²) in [6.45, 7) is 5.12. The van der Waals surface area contributed by atoms with E-state index in [0.717, 1.165) is 0 Å². The third-order valence-corrected chi connectivity index (χ3v) is 1.72. The first-order valence-electron chi connectivity index (χ1n) is 4.81. The highest BCUT2D eigenvalue weighted by atomic mass is 19.1. The molecule has 0 N–H and O–H groups in total. The minimum atomic E-state index is -1.90. The van der Waals surface area contributed by atoms with E-state index in [2.05, 4.69) is 0 Å². The van der Waals surface area contributed by atoms with Crippen molar-refractivity contribution in [3.8, 4) is 0 Å². The third-order valence-electron chi connectivity index (χ3n) is 1.72. The molecule has 2 nitrogen and oxygen atoms in total. The van der Waals surface area contributed by atoms with E-state index >= 15 is 0 Å². The van der Waals surface area contributed by atoms with Crippen molar-refractivity contribution in [3.63, 3.8) is 0 Å². The number of hydrogen-bond acceptors (Lipinski definition) is 2. The van der Waals surface area contributed by atoms with Crippen molar-refractivity contribution in [1.29, 1.82) is 0 Å². The fourth-order valence-corrected chi connectivity index (χ4v) is 1.10. The molecule has 1 atom stereocenters. The van der Waals surface area contributed by atoms with E-state index in [1.807, 2.05) is 0 Å². The van der Waals surface area contributed by atoms with Gasteiger partial charge in [-0.3, -0.25) is 4.79 Å². The number of ketones is 1. The second-order valence-corrected chi connectivity index (χ2v) is 4.28. The molecule has 1 rings (SSSR count). The molecular formula is C12H15FO2. The van der Waals surface area contributed by atoms with E-state index in [9.17, 15) is 9.18 Å². The van der Waals surface area contributed by atoms with Crippen LogP contribution in [0, 0.1) is 0 Å². The fraction of sp³-hybridized carbons (Fsp3) is 0.417. The Morgan fingerprint density at radius 2 is 1.80 bits per heavy atom.